The SMILES string of the molecule is CC(=O)N1CC(c2[nH]ncc2C(=O)O)C1. The number of amides is 1. The first kappa shape index (κ1) is 9.70. The van der Waals surface area contributed by atoms with Gasteiger partial charge in [-0.05, 0) is 0 Å². The molecular formula is C9H11N3O3. The van der Waals surface area contributed by atoms with E-state index < -0.39 is 5.97 Å². The third kappa shape index (κ3) is 1.58. The van der Waals surface area contributed by atoms with Gasteiger partial charge in [0.25, 0.3) is 0 Å². The topological polar surface area (TPSA) is 86.3 Å². The maximum atomic E-state index is 10.9. The van der Waals surface area contributed by atoms with E-state index >= 15 is 0 Å². The summed E-state index contributed by atoms with van der Waals surface area (Å²) in [5.41, 5.74) is 0.809. The van der Waals surface area contributed by atoms with Crippen molar-refractivity contribution in [3.05, 3.63) is 17.5 Å². The van der Waals surface area contributed by atoms with Crippen molar-refractivity contribution in [2.24, 2.45) is 0 Å². The van der Waals surface area contributed by atoms with Gasteiger partial charge in [-0.15, -0.1) is 0 Å². The van der Waals surface area contributed by atoms with Crippen LogP contribution in [0, 0.1) is 0 Å². The van der Waals surface area contributed by atoms with Crippen LogP contribution in [-0.2, 0) is 4.79 Å². The number of carboxylic acid groups (broad SMARTS) is 1. The van der Waals surface area contributed by atoms with Crippen LogP contribution >= 0.6 is 0 Å². The number of hydrogen-bond donors (Lipinski definition) is 2. The Kier molecular flexibility index (Phi) is 2.18. The van der Waals surface area contributed by atoms with E-state index in [4.69, 9.17) is 5.11 Å². The molecule has 2 rings (SSSR count). The number of rotatable bonds is 2. The number of nitrogens with one attached hydrogen (secondary N) is 1. The first-order valence-electron chi connectivity index (χ1n) is 4.61. The third-order valence-electron chi connectivity index (χ3n) is 2.63. The van der Waals surface area contributed by atoms with Crippen LogP contribution in [0.2, 0.25) is 0 Å². The van der Waals surface area contributed by atoms with Crippen LogP contribution in [0.25, 0.3) is 0 Å². The molecule has 0 bridgehead atoms. The molecule has 1 aromatic heterocycles. The number of H-pyrrole nitrogens is 1. The predicted molar refractivity (Wildman–Crippen MR) is 50.5 cm³/mol. The Bertz CT molecular complexity index is 406. The van der Waals surface area contributed by atoms with Crippen molar-refractivity contribution in [3.63, 3.8) is 0 Å². The number of carbonyl (C=O) groups is 2. The lowest BCUT2D eigenvalue weighted by molar-refractivity contribution is -0.133. The summed E-state index contributed by atoms with van der Waals surface area (Å²) >= 11 is 0. The second-order valence-corrected chi connectivity index (χ2v) is 3.62. The fraction of sp³-hybridized carbons (Fsp3) is 0.444. The molecule has 0 saturated carbocycles. The van der Waals surface area contributed by atoms with E-state index in [0.717, 1.165) is 0 Å². The normalized spacial score (nSPS) is 16.2. The zero-order chi connectivity index (χ0) is 11.0. The number of aromatic carboxylic acids is 1. The zero-order valence-electron chi connectivity index (χ0n) is 8.23. The van der Waals surface area contributed by atoms with Gasteiger partial charge in [0.15, 0.2) is 0 Å². The molecule has 0 aliphatic carbocycles. The van der Waals surface area contributed by atoms with Crippen LogP contribution in [-0.4, -0.2) is 45.2 Å². The predicted octanol–water partition coefficient (Wildman–Crippen LogP) is 0.0536. The number of carboxylic acids is 1. The van der Waals surface area contributed by atoms with Gasteiger partial charge in [0, 0.05) is 25.9 Å². The van der Waals surface area contributed by atoms with Crippen LogP contribution in [0.4, 0.5) is 0 Å². The highest BCUT2D eigenvalue weighted by atomic mass is 16.4. The lowest BCUT2D eigenvalue weighted by Gasteiger charge is -2.38. The molecule has 1 amide bonds. The molecule has 1 aromatic rings. The number of hydrogen-bond acceptors (Lipinski definition) is 3. The van der Waals surface area contributed by atoms with Gasteiger partial charge in [0.05, 0.1) is 11.9 Å². The molecule has 2 N–H and O–H groups in total. The quantitative estimate of drug-likeness (QED) is 0.720. The van der Waals surface area contributed by atoms with E-state index in [2.05, 4.69) is 10.2 Å². The average molecular weight is 209 g/mol. The standard InChI is InChI=1S/C9H11N3O3/c1-5(13)12-3-6(4-12)8-7(9(14)15)2-10-11-8/h2,6H,3-4H2,1H3,(H,10,11)(H,14,15). The molecule has 80 valence electrons. The Balaban J connectivity index is 2.10. The number of carbonyl (C=O) groups excluding carboxylic acids is 1. The van der Waals surface area contributed by atoms with Crippen molar-refractivity contribution in [2.75, 3.05) is 13.1 Å². The second kappa shape index (κ2) is 3.38. The molecule has 1 aliphatic rings. The molecule has 1 aliphatic heterocycles. The molecule has 6 heteroatoms. The largest absolute Gasteiger partial charge is 0.478 e. The van der Waals surface area contributed by atoms with Gasteiger partial charge < -0.3 is 10.0 Å². The van der Waals surface area contributed by atoms with Crippen molar-refractivity contribution < 1.29 is 14.7 Å². The van der Waals surface area contributed by atoms with E-state index in [1.54, 1.807) is 4.90 Å². The van der Waals surface area contributed by atoms with Gasteiger partial charge in [-0.1, -0.05) is 0 Å². The fourth-order valence-corrected chi connectivity index (χ4v) is 1.70. The maximum Gasteiger partial charge on any atom is 0.339 e. The van der Waals surface area contributed by atoms with Gasteiger partial charge >= 0.3 is 5.97 Å². The molecule has 15 heavy (non-hydrogen) atoms. The monoisotopic (exact) mass is 209 g/mol. The second-order valence-electron chi connectivity index (χ2n) is 3.62. The Morgan fingerprint density at radius 2 is 2.27 bits per heavy atom. The van der Waals surface area contributed by atoms with Crippen LogP contribution in [0.5, 0.6) is 0 Å². The third-order valence-corrected chi connectivity index (χ3v) is 2.63. The highest BCUT2D eigenvalue weighted by Gasteiger charge is 2.33. The number of likely N-dealkylation sites (tertiary alicyclic amines) is 1. The Morgan fingerprint density at radius 3 is 2.80 bits per heavy atom. The van der Waals surface area contributed by atoms with Gasteiger partial charge in [-0.25, -0.2) is 4.79 Å². The summed E-state index contributed by atoms with van der Waals surface area (Å²) in [6.45, 7) is 2.64. The summed E-state index contributed by atoms with van der Waals surface area (Å²) in [5, 5.41) is 15.2. The minimum absolute atomic E-state index is 0.0163. The van der Waals surface area contributed by atoms with Crippen LogP contribution < -0.4 is 0 Å². The lowest BCUT2D eigenvalue weighted by atomic mass is 9.94. The molecular weight excluding hydrogens is 198 g/mol. The molecule has 0 atom stereocenters. The van der Waals surface area contributed by atoms with Crippen molar-refractivity contribution in [1.82, 2.24) is 15.1 Å². The molecule has 0 radical (unpaired) electrons. The molecule has 0 unspecified atom stereocenters. The number of aromatic amines is 1. The van der Waals surface area contributed by atoms with Crippen molar-refractivity contribution >= 4 is 11.9 Å². The molecule has 0 spiro atoms. The highest BCUT2D eigenvalue weighted by Crippen LogP contribution is 2.27. The Morgan fingerprint density at radius 1 is 1.60 bits per heavy atom. The van der Waals surface area contributed by atoms with E-state index in [0.29, 0.717) is 18.8 Å². The van der Waals surface area contributed by atoms with Crippen LogP contribution in [0.3, 0.4) is 0 Å². The minimum Gasteiger partial charge on any atom is -0.478 e. The van der Waals surface area contributed by atoms with E-state index in [-0.39, 0.29) is 17.4 Å². The summed E-state index contributed by atoms with van der Waals surface area (Å²) < 4.78 is 0. The van der Waals surface area contributed by atoms with Crippen LogP contribution in [0.1, 0.15) is 28.9 Å². The van der Waals surface area contributed by atoms with Crippen LogP contribution in [0.15, 0.2) is 6.20 Å². The molecule has 6 nitrogen and oxygen atoms in total. The summed E-state index contributed by atoms with van der Waals surface area (Å²) in [4.78, 5) is 23.4. The van der Waals surface area contributed by atoms with E-state index in [1.807, 2.05) is 0 Å². The lowest BCUT2D eigenvalue weighted by Crippen LogP contribution is -2.47. The summed E-state index contributed by atoms with van der Waals surface area (Å²) in [6.07, 6.45) is 1.30. The van der Waals surface area contributed by atoms with Crippen molar-refractivity contribution in [1.29, 1.82) is 0 Å². The maximum absolute atomic E-state index is 10.9. The van der Waals surface area contributed by atoms with Crippen molar-refractivity contribution in [2.45, 2.75) is 12.8 Å². The first-order chi connectivity index (χ1) is 7.09. The molecule has 1 saturated heterocycles. The van der Waals surface area contributed by atoms with E-state index in [1.165, 1.54) is 13.1 Å². The molecule has 1 fully saturated rings. The zero-order valence-corrected chi connectivity index (χ0v) is 8.23. The fourth-order valence-electron chi connectivity index (χ4n) is 1.70. The van der Waals surface area contributed by atoms with Gasteiger partial charge in [0.2, 0.25) is 5.91 Å². The average Bonchev–Trinajstić information content (AvgIpc) is 2.48. The number of nitrogens with zero attached hydrogens (tertiary/aromatic N) is 2. The van der Waals surface area contributed by atoms with Crippen molar-refractivity contribution in [3.8, 4) is 0 Å². The summed E-state index contributed by atoms with van der Waals surface area (Å²) in [6, 6.07) is 0. The number of aromatic nitrogens is 2. The Hall–Kier alpha value is -1.85. The smallest absolute Gasteiger partial charge is 0.339 e. The molecule has 2 heterocycles. The van der Waals surface area contributed by atoms with Gasteiger partial charge in [-0.2, -0.15) is 5.10 Å². The minimum atomic E-state index is -0.986. The van der Waals surface area contributed by atoms with Gasteiger partial charge in [0.1, 0.15) is 5.56 Å². The first-order valence-corrected chi connectivity index (χ1v) is 4.61. The summed E-state index contributed by atoms with van der Waals surface area (Å²) in [7, 11) is 0. The van der Waals surface area contributed by atoms with E-state index in [9.17, 15) is 9.59 Å². The van der Waals surface area contributed by atoms with Gasteiger partial charge in [-0.3, -0.25) is 9.89 Å². The highest BCUT2D eigenvalue weighted by molar-refractivity contribution is 5.89. The summed E-state index contributed by atoms with van der Waals surface area (Å²) in [5.74, 6) is -0.898. The Labute approximate surface area is 85.9 Å². The molecule has 0 aromatic carbocycles.